The summed E-state index contributed by atoms with van der Waals surface area (Å²) in [7, 11) is 0. The van der Waals surface area contributed by atoms with Gasteiger partial charge < -0.3 is 15.2 Å². The van der Waals surface area contributed by atoms with Crippen molar-refractivity contribution in [1.29, 1.82) is 0 Å². The molecule has 0 aromatic heterocycles. The van der Waals surface area contributed by atoms with E-state index in [0.29, 0.717) is 18.1 Å². The number of benzene rings is 2. The molecule has 2 aromatic rings. The van der Waals surface area contributed by atoms with Gasteiger partial charge in [-0.25, -0.2) is 0 Å². The second kappa shape index (κ2) is 8.97. The van der Waals surface area contributed by atoms with E-state index in [0.717, 1.165) is 30.1 Å². The standard InChI is InChI=1S/C26H37NO3/c1-25(2,3)20-9-12-22(13-10-20)30-23-11-7-18-16-21(8-6-19(18)17-23)26(4,5)27-15-14-24(28)29/h6-8,11,16-17,20,22,27H,9-10,12-15H2,1-5H3,(H,28,29)/t20-,22-. The molecule has 0 spiro atoms. The van der Waals surface area contributed by atoms with E-state index in [1.54, 1.807) is 0 Å². The largest absolute Gasteiger partial charge is 0.490 e. The van der Waals surface area contributed by atoms with Crippen LogP contribution < -0.4 is 10.1 Å². The summed E-state index contributed by atoms with van der Waals surface area (Å²) in [4.78, 5) is 10.8. The fourth-order valence-electron chi connectivity index (χ4n) is 4.51. The summed E-state index contributed by atoms with van der Waals surface area (Å²) in [6.45, 7) is 11.7. The van der Waals surface area contributed by atoms with Crippen LogP contribution in [-0.4, -0.2) is 23.7 Å². The third-order valence-electron chi connectivity index (χ3n) is 6.64. The second-order valence-electron chi connectivity index (χ2n) is 10.4. The van der Waals surface area contributed by atoms with Gasteiger partial charge in [0.2, 0.25) is 0 Å². The van der Waals surface area contributed by atoms with Crippen molar-refractivity contribution in [3.63, 3.8) is 0 Å². The third-order valence-corrected chi connectivity index (χ3v) is 6.64. The van der Waals surface area contributed by atoms with E-state index in [2.05, 4.69) is 76.3 Å². The monoisotopic (exact) mass is 411 g/mol. The van der Waals surface area contributed by atoms with Gasteiger partial charge in [0.25, 0.3) is 0 Å². The quantitative estimate of drug-likeness (QED) is 0.576. The Kier molecular flexibility index (Phi) is 6.76. The first-order chi connectivity index (χ1) is 14.0. The Balaban J connectivity index is 1.65. The Morgan fingerprint density at radius 1 is 1.00 bits per heavy atom. The highest BCUT2D eigenvalue weighted by molar-refractivity contribution is 5.84. The van der Waals surface area contributed by atoms with Crippen molar-refractivity contribution in [1.82, 2.24) is 5.32 Å². The maximum absolute atomic E-state index is 10.8. The van der Waals surface area contributed by atoms with Crippen molar-refractivity contribution in [3.8, 4) is 5.75 Å². The van der Waals surface area contributed by atoms with Crippen LogP contribution in [0.15, 0.2) is 36.4 Å². The van der Waals surface area contributed by atoms with E-state index in [1.807, 2.05) is 0 Å². The molecule has 4 heteroatoms. The average Bonchev–Trinajstić information content (AvgIpc) is 2.67. The van der Waals surface area contributed by atoms with Gasteiger partial charge in [0.05, 0.1) is 12.5 Å². The molecule has 2 aromatic carbocycles. The minimum absolute atomic E-state index is 0.120. The van der Waals surface area contributed by atoms with Crippen molar-refractivity contribution >= 4 is 16.7 Å². The molecule has 0 saturated heterocycles. The van der Waals surface area contributed by atoms with Crippen LogP contribution in [0.4, 0.5) is 0 Å². The molecule has 1 saturated carbocycles. The maximum Gasteiger partial charge on any atom is 0.304 e. The molecule has 1 fully saturated rings. The van der Waals surface area contributed by atoms with Gasteiger partial charge in [-0.3, -0.25) is 4.79 Å². The lowest BCUT2D eigenvalue weighted by Crippen LogP contribution is -2.37. The van der Waals surface area contributed by atoms with Crippen LogP contribution in [0.2, 0.25) is 0 Å². The molecule has 164 valence electrons. The fraction of sp³-hybridized carbons (Fsp3) is 0.577. The van der Waals surface area contributed by atoms with Gasteiger partial charge in [0.15, 0.2) is 0 Å². The van der Waals surface area contributed by atoms with Crippen molar-refractivity contribution in [2.45, 2.75) is 78.4 Å². The van der Waals surface area contributed by atoms with Crippen LogP contribution in [0.1, 0.15) is 72.3 Å². The number of carboxylic acid groups (broad SMARTS) is 1. The molecule has 0 amide bonds. The number of nitrogens with one attached hydrogen (secondary N) is 1. The van der Waals surface area contributed by atoms with Gasteiger partial charge in [0, 0.05) is 12.1 Å². The number of carboxylic acids is 1. The molecule has 0 radical (unpaired) electrons. The number of ether oxygens (including phenoxy) is 1. The molecule has 0 atom stereocenters. The second-order valence-corrected chi connectivity index (χ2v) is 10.4. The smallest absolute Gasteiger partial charge is 0.304 e. The van der Waals surface area contributed by atoms with Crippen molar-refractivity contribution < 1.29 is 14.6 Å². The topological polar surface area (TPSA) is 58.6 Å². The number of carbonyl (C=O) groups is 1. The summed E-state index contributed by atoms with van der Waals surface area (Å²) in [5.74, 6) is 0.962. The predicted molar refractivity (Wildman–Crippen MR) is 123 cm³/mol. The molecule has 3 rings (SSSR count). The van der Waals surface area contributed by atoms with Crippen molar-refractivity contribution in [3.05, 3.63) is 42.0 Å². The first-order valence-electron chi connectivity index (χ1n) is 11.2. The van der Waals surface area contributed by atoms with Crippen LogP contribution in [0, 0.1) is 11.3 Å². The fourth-order valence-corrected chi connectivity index (χ4v) is 4.51. The van der Waals surface area contributed by atoms with Crippen LogP contribution in [-0.2, 0) is 10.3 Å². The molecular weight excluding hydrogens is 374 g/mol. The van der Waals surface area contributed by atoms with E-state index in [9.17, 15) is 4.79 Å². The van der Waals surface area contributed by atoms with E-state index in [-0.39, 0.29) is 12.0 Å². The highest BCUT2D eigenvalue weighted by Gasteiger charge is 2.30. The Bertz CT molecular complexity index is 873. The van der Waals surface area contributed by atoms with Gasteiger partial charge in [0.1, 0.15) is 5.75 Å². The first kappa shape index (κ1) is 22.6. The number of rotatable bonds is 7. The summed E-state index contributed by atoms with van der Waals surface area (Å²) < 4.78 is 6.33. The Morgan fingerprint density at radius 2 is 1.63 bits per heavy atom. The summed E-state index contributed by atoms with van der Waals surface area (Å²) in [5, 5.41) is 14.5. The molecule has 1 aliphatic rings. The van der Waals surface area contributed by atoms with E-state index < -0.39 is 5.97 Å². The molecule has 1 aliphatic carbocycles. The third kappa shape index (κ3) is 5.75. The molecular formula is C26H37NO3. The maximum atomic E-state index is 10.8. The van der Waals surface area contributed by atoms with E-state index in [1.165, 1.54) is 23.6 Å². The van der Waals surface area contributed by atoms with Gasteiger partial charge in [-0.05, 0) is 85.4 Å². The Morgan fingerprint density at radius 3 is 2.27 bits per heavy atom. The van der Waals surface area contributed by atoms with Gasteiger partial charge in [-0.2, -0.15) is 0 Å². The lowest BCUT2D eigenvalue weighted by Gasteiger charge is -2.37. The molecule has 4 nitrogen and oxygen atoms in total. The zero-order valence-corrected chi connectivity index (χ0v) is 19.1. The summed E-state index contributed by atoms with van der Waals surface area (Å²) in [5.41, 5.74) is 1.25. The Labute approximate surface area is 181 Å². The van der Waals surface area contributed by atoms with Crippen LogP contribution >= 0.6 is 0 Å². The van der Waals surface area contributed by atoms with Gasteiger partial charge in [-0.15, -0.1) is 0 Å². The molecule has 0 bridgehead atoms. The zero-order valence-electron chi connectivity index (χ0n) is 19.1. The summed E-state index contributed by atoms with van der Waals surface area (Å²) >= 11 is 0. The zero-order chi connectivity index (χ0) is 21.9. The lowest BCUT2D eigenvalue weighted by molar-refractivity contribution is -0.136. The van der Waals surface area contributed by atoms with Gasteiger partial charge in [-0.1, -0.05) is 39.0 Å². The highest BCUT2D eigenvalue weighted by atomic mass is 16.5. The number of aliphatic carboxylic acids is 1. The average molecular weight is 412 g/mol. The van der Waals surface area contributed by atoms with Crippen LogP contribution in [0.3, 0.4) is 0 Å². The Hall–Kier alpha value is -2.07. The lowest BCUT2D eigenvalue weighted by atomic mass is 9.72. The van der Waals surface area contributed by atoms with Crippen LogP contribution in [0.5, 0.6) is 5.75 Å². The minimum atomic E-state index is -0.781. The molecule has 0 aliphatic heterocycles. The number of fused-ring (bicyclic) bond motifs is 1. The molecule has 30 heavy (non-hydrogen) atoms. The minimum Gasteiger partial charge on any atom is -0.490 e. The number of hydrogen-bond acceptors (Lipinski definition) is 3. The first-order valence-corrected chi connectivity index (χ1v) is 11.2. The SMILES string of the molecule is CC(C)(NCCC(=O)O)c1ccc2cc(O[C@H]3CC[C@H](C(C)(C)C)CC3)ccc2c1. The summed E-state index contributed by atoms with van der Waals surface area (Å²) in [6.07, 6.45) is 5.20. The summed E-state index contributed by atoms with van der Waals surface area (Å²) in [6, 6.07) is 12.8. The van der Waals surface area contributed by atoms with Gasteiger partial charge >= 0.3 is 5.97 Å². The van der Waals surface area contributed by atoms with E-state index >= 15 is 0 Å². The van der Waals surface area contributed by atoms with Crippen molar-refractivity contribution in [2.24, 2.45) is 11.3 Å². The predicted octanol–water partition coefficient (Wildman–Crippen LogP) is 6.12. The normalized spacial score (nSPS) is 20.3. The number of hydrogen-bond donors (Lipinski definition) is 2. The molecule has 0 heterocycles. The van der Waals surface area contributed by atoms with Crippen molar-refractivity contribution in [2.75, 3.05) is 6.54 Å². The molecule has 0 unspecified atom stereocenters. The highest BCUT2D eigenvalue weighted by Crippen LogP contribution is 2.39. The van der Waals surface area contributed by atoms with Crippen LogP contribution in [0.25, 0.3) is 10.8 Å². The molecule has 2 N–H and O–H groups in total. The van der Waals surface area contributed by atoms with E-state index in [4.69, 9.17) is 9.84 Å².